The van der Waals surface area contributed by atoms with Gasteiger partial charge in [-0.15, -0.1) is 0 Å². The molecule has 0 aliphatic rings. The van der Waals surface area contributed by atoms with E-state index in [4.69, 9.17) is 9.47 Å². The van der Waals surface area contributed by atoms with Crippen LogP contribution in [0.25, 0.3) is 10.9 Å². The Balaban J connectivity index is 1.83. The van der Waals surface area contributed by atoms with Gasteiger partial charge in [-0.1, -0.05) is 42.5 Å². The van der Waals surface area contributed by atoms with Crippen molar-refractivity contribution in [2.24, 2.45) is 0 Å². The van der Waals surface area contributed by atoms with Crippen molar-refractivity contribution >= 4 is 16.9 Å². The van der Waals surface area contributed by atoms with Gasteiger partial charge in [-0.3, -0.25) is 9.78 Å². The summed E-state index contributed by atoms with van der Waals surface area (Å²) in [6.07, 6.45) is 2.68. The number of rotatable bonds is 6. The van der Waals surface area contributed by atoms with Gasteiger partial charge in [-0.05, 0) is 29.7 Å². The van der Waals surface area contributed by atoms with Crippen molar-refractivity contribution in [3.63, 3.8) is 0 Å². The number of carbonyl (C=O) groups is 1. The molecule has 0 saturated heterocycles. The Labute approximate surface area is 141 Å². The molecule has 2 aromatic carbocycles. The summed E-state index contributed by atoms with van der Waals surface area (Å²) in [6.45, 7) is 0.506. The zero-order valence-corrected chi connectivity index (χ0v) is 13.6. The maximum absolute atomic E-state index is 11.4. The number of methoxy groups -OCH3 is 1. The zero-order valence-electron chi connectivity index (χ0n) is 13.6. The second kappa shape index (κ2) is 7.59. The molecule has 0 aliphatic heterocycles. The van der Waals surface area contributed by atoms with Crippen molar-refractivity contribution in [3.05, 3.63) is 71.9 Å². The first-order valence-electron chi connectivity index (χ1n) is 7.88. The lowest BCUT2D eigenvalue weighted by Crippen LogP contribution is -2.03. The van der Waals surface area contributed by atoms with Gasteiger partial charge in [0, 0.05) is 18.0 Å². The lowest BCUT2D eigenvalue weighted by Gasteiger charge is -2.11. The Morgan fingerprint density at radius 3 is 2.67 bits per heavy atom. The van der Waals surface area contributed by atoms with Gasteiger partial charge >= 0.3 is 5.97 Å². The van der Waals surface area contributed by atoms with Crippen molar-refractivity contribution in [3.8, 4) is 5.75 Å². The van der Waals surface area contributed by atoms with Crippen LogP contribution in [0.15, 0.2) is 60.8 Å². The summed E-state index contributed by atoms with van der Waals surface area (Å²) in [7, 11) is 1.40. The molecular weight excluding hydrogens is 302 g/mol. The third kappa shape index (κ3) is 3.71. The van der Waals surface area contributed by atoms with Gasteiger partial charge in [0.1, 0.15) is 12.4 Å². The monoisotopic (exact) mass is 321 g/mol. The lowest BCUT2D eigenvalue weighted by atomic mass is 10.0. The number of pyridine rings is 1. The van der Waals surface area contributed by atoms with E-state index in [1.807, 2.05) is 54.6 Å². The van der Waals surface area contributed by atoms with Crippen LogP contribution in [0, 0.1) is 0 Å². The number of nitrogens with zero attached hydrogens (tertiary/aromatic N) is 1. The summed E-state index contributed by atoms with van der Waals surface area (Å²) in [4.78, 5) is 15.8. The minimum absolute atomic E-state index is 0.219. The highest BCUT2D eigenvalue weighted by atomic mass is 16.5. The van der Waals surface area contributed by atoms with Crippen LogP contribution in [0.3, 0.4) is 0 Å². The standard InChI is InChI=1S/C20H19NO3/c1-23-19(22)11-10-16-8-5-9-17-18(12-13-21-20(16)17)24-14-15-6-3-2-4-7-15/h2-9,12-13H,10-11,14H2,1H3. The van der Waals surface area contributed by atoms with Crippen LogP contribution in [0.2, 0.25) is 0 Å². The molecular formula is C20H19NO3. The van der Waals surface area contributed by atoms with E-state index in [0.717, 1.165) is 27.8 Å². The molecule has 0 unspecified atom stereocenters. The average Bonchev–Trinajstić information content (AvgIpc) is 2.65. The Morgan fingerprint density at radius 2 is 1.88 bits per heavy atom. The van der Waals surface area contributed by atoms with Gasteiger partial charge < -0.3 is 9.47 Å². The first-order valence-corrected chi connectivity index (χ1v) is 7.88. The number of carbonyl (C=O) groups excluding carboxylic acids is 1. The second-order valence-electron chi connectivity index (χ2n) is 5.47. The number of ether oxygens (including phenoxy) is 2. The molecule has 0 amide bonds. The van der Waals surface area contributed by atoms with Crippen LogP contribution in [0.4, 0.5) is 0 Å². The fourth-order valence-electron chi connectivity index (χ4n) is 2.61. The normalized spacial score (nSPS) is 10.5. The predicted molar refractivity (Wildman–Crippen MR) is 92.9 cm³/mol. The third-order valence-corrected chi connectivity index (χ3v) is 3.88. The Hall–Kier alpha value is -2.88. The van der Waals surface area contributed by atoms with E-state index in [2.05, 4.69) is 4.98 Å². The SMILES string of the molecule is COC(=O)CCc1cccc2c(OCc3ccccc3)ccnc12. The van der Waals surface area contributed by atoms with E-state index in [9.17, 15) is 4.79 Å². The molecule has 4 heteroatoms. The molecule has 0 aliphatic carbocycles. The number of hydrogen-bond acceptors (Lipinski definition) is 4. The van der Waals surface area contributed by atoms with Crippen molar-refractivity contribution < 1.29 is 14.3 Å². The van der Waals surface area contributed by atoms with Gasteiger partial charge in [0.25, 0.3) is 0 Å². The summed E-state index contributed by atoms with van der Waals surface area (Å²) in [5.41, 5.74) is 3.00. The summed E-state index contributed by atoms with van der Waals surface area (Å²) in [5.74, 6) is 0.576. The highest BCUT2D eigenvalue weighted by molar-refractivity contribution is 5.87. The van der Waals surface area contributed by atoms with E-state index in [0.29, 0.717) is 19.4 Å². The third-order valence-electron chi connectivity index (χ3n) is 3.88. The summed E-state index contributed by atoms with van der Waals surface area (Å²) in [6, 6.07) is 17.8. The zero-order chi connectivity index (χ0) is 16.8. The minimum atomic E-state index is -0.219. The highest BCUT2D eigenvalue weighted by Gasteiger charge is 2.09. The summed E-state index contributed by atoms with van der Waals surface area (Å²) < 4.78 is 10.7. The second-order valence-corrected chi connectivity index (χ2v) is 5.47. The number of para-hydroxylation sites is 1. The minimum Gasteiger partial charge on any atom is -0.488 e. The molecule has 0 N–H and O–H groups in total. The van der Waals surface area contributed by atoms with Crippen LogP contribution < -0.4 is 4.74 Å². The molecule has 3 rings (SSSR count). The highest BCUT2D eigenvalue weighted by Crippen LogP contribution is 2.27. The maximum Gasteiger partial charge on any atom is 0.305 e. The molecule has 0 atom stereocenters. The molecule has 122 valence electrons. The van der Waals surface area contributed by atoms with Crippen LogP contribution >= 0.6 is 0 Å². The van der Waals surface area contributed by atoms with Gasteiger partial charge in [0.15, 0.2) is 0 Å². The van der Waals surface area contributed by atoms with E-state index in [-0.39, 0.29) is 5.97 Å². The number of benzene rings is 2. The number of aromatic nitrogens is 1. The van der Waals surface area contributed by atoms with E-state index >= 15 is 0 Å². The van der Waals surface area contributed by atoms with E-state index < -0.39 is 0 Å². The topological polar surface area (TPSA) is 48.4 Å². The van der Waals surface area contributed by atoms with Gasteiger partial charge in [0.05, 0.1) is 12.6 Å². The lowest BCUT2D eigenvalue weighted by molar-refractivity contribution is -0.140. The van der Waals surface area contributed by atoms with Crippen molar-refractivity contribution in [1.82, 2.24) is 4.98 Å². The van der Waals surface area contributed by atoms with Gasteiger partial charge in [-0.25, -0.2) is 0 Å². The Bertz CT molecular complexity index is 831. The number of hydrogen-bond donors (Lipinski definition) is 0. The maximum atomic E-state index is 11.4. The molecule has 0 fully saturated rings. The van der Waals surface area contributed by atoms with Crippen LogP contribution in [-0.4, -0.2) is 18.1 Å². The summed E-state index contributed by atoms with van der Waals surface area (Å²) in [5, 5.41) is 0.954. The summed E-state index contributed by atoms with van der Waals surface area (Å²) >= 11 is 0. The van der Waals surface area contributed by atoms with Crippen LogP contribution in [0.1, 0.15) is 17.5 Å². The molecule has 1 heterocycles. The molecule has 4 nitrogen and oxygen atoms in total. The largest absolute Gasteiger partial charge is 0.488 e. The fraction of sp³-hybridized carbons (Fsp3) is 0.200. The molecule has 1 aromatic heterocycles. The van der Waals surface area contributed by atoms with Crippen LogP contribution in [-0.2, 0) is 22.6 Å². The number of fused-ring (bicyclic) bond motifs is 1. The quantitative estimate of drug-likeness (QED) is 0.646. The van der Waals surface area contributed by atoms with Crippen molar-refractivity contribution in [2.75, 3.05) is 7.11 Å². The predicted octanol–water partition coefficient (Wildman–Crippen LogP) is 3.92. The number of esters is 1. The first kappa shape index (κ1) is 16.0. The molecule has 24 heavy (non-hydrogen) atoms. The Kier molecular flexibility index (Phi) is 5.06. The van der Waals surface area contributed by atoms with Crippen molar-refractivity contribution in [1.29, 1.82) is 0 Å². The molecule has 0 saturated carbocycles. The fourth-order valence-corrected chi connectivity index (χ4v) is 2.61. The molecule has 0 radical (unpaired) electrons. The van der Waals surface area contributed by atoms with Crippen molar-refractivity contribution in [2.45, 2.75) is 19.4 Å². The number of aryl methyl sites for hydroxylation is 1. The molecule has 3 aromatic rings. The Morgan fingerprint density at radius 1 is 1.04 bits per heavy atom. The molecule has 0 spiro atoms. The van der Waals surface area contributed by atoms with Crippen LogP contribution in [0.5, 0.6) is 5.75 Å². The average molecular weight is 321 g/mol. The first-order chi connectivity index (χ1) is 11.8. The molecule has 0 bridgehead atoms. The van der Waals surface area contributed by atoms with Gasteiger partial charge in [-0.2, -0.15) is 0 Å². The van der Waals surface area contributed by atoms with E-state index in [1.54, 1.807) is 6.20 Å². The smallest absolute Gasteiger partial charge is 0.305 e. The van der Waals surface area contributed by atoms with Gasteiger partial charge in [0.2, 0.25) is 0 Å². The van der Waals surface area contributed by atoms with E-state index in [1.165, 1.54) is 7.11 Å².